The van der Waals surface area contributed by atoms with E-state index in [0.717, 1.165) is 6.42 Å². The molecule has 0 heterocycles. The monoisotopic (exact) mass is 444 g/mol. The lowest BCUT2D eigenvalue weighted by atomic mass is 9.43. The van der Waals surface area contributed by atoms with Crippen LogP contribution in [0.5, 0.6) is 0 Å². The van der Waals surface area contributed by atoms with Crippen LogP contribution in [0.4, 0.5) is 0 Å². The highest BCUT2D eigenvalue weighted by molar-refractivity contribution is 5.37. The number of allylic oxidation sites excluding steroid dienone is 2. The number of fused-ring (bicyclic) bond motifs is 2. The molecule has 0 aromatic carbocycles. The highest BCUT2D eigenvalue weighted by Crippen LogP contribution is 2.87. The fourth-order valence-electron chi connectivity index (χ4n) is 10.8. The first-order valence-electron chi connectivity index (χ1n) is 13.1. The Labute approximate surface area is 196 Å². The standard InChI is InChI=1S/C28H48N2O2/c1-18(29(5)6)23-19(32)15-26(4)21-10-9-20-24(2,17-31)22(30(7)8)11-12-27(20)16-28(21,27)14-13-25(23,26)3/h9-10,18-23,31-32H,11-17H2,1-8H3/t18-,19+,20-,21-,22-,23-,24-,25+,26-,27+,28-/m0/s1. The molecule has 0 aromatic heterocycles. The van der Waals surface area contributed by atoms with Crippen LogP contribution in [-0.2, 0) is 0 Å². The highest BCUT2D eigenvalue weighted by Gasteiger charge is 2.82. The summed E-state index contributed by atoms with van der Waals surface area (Å²) < 4.78 is 0. The van der Waals surface area contributed by atoms with Crippen molar-refractivity contribution in [3.63, 3.8) is 0 Å². The van der Waals surface area contributed by atoms with Crippen molar-refractivity contribution in [2.45, 2.75) is 84.4 Å². The minimum Gasteiger partial charge on any atom is -0.396 e. The van der Waals surface area contributed by atoms with Crippen molar-refractivity contribution in [1.29, 1.82) is 0 Å². The number of rotatable bonds is 4. The summed E-state index contributed by atoms with van der Waals surface area (Å²) in [6.07, 6.45) is 12.2. The minimum absolute atomic E-state index is 0.0778. The number of aliphatic hydroxyl groups excluding tert-OH is 2. The summed E-state index contributed by atoms with van der Waals surface area (Å²) in [7, 11) is 8.71. The Morgan fingerprint density at radius 3 is 2.16 bits per heavy atom. The fourth-order valence-corrected chi connectivity index (χ4v) is 10.8. The normalized spacial score (nSPS) is 57.1. The Balaban J connectivity index is 1.56. The van der Waals surface area contributed by atoms with Crippen LogP contribution in [0, 0.1) is 44.8 Å². The van der Waals surface area contributed by atoms with E-state index in [2.05, 4.69) is 77.8 Å². The molecule has 4 fully saturated rings. The lowest BCUT2D eigenvalue weighted by Gasteiger charge is -2.62. The molecule has 4 saturated carbocycles. The molecule has 5 rings (SSSR count). The number of hydrogen-bond donors (Lipinski definition) is 2. The summed E-state index contributed by atoms with van der Waals surface area (Å²) in [5.74, 6) is 1.35. The lowest BCUT2D eigenvalue weighted by molar-refractivity contribution is -0.119. The first kappa shape index (κ1) is 23.3. The van der Waals surface area contributed by atoms with Crippen molar-refractivity contribution in [1.82, 2.24) is 9.80 Å². The zero-order chi connectivity index (χ0) is 23.5. The molecular weight excluding hydrogens is 396 g/mol. The third-order valence-corrected chi connectivity index (χ3v) is 12.7. The van der Waals surface area contributed by atoms with Gasteiger partial charge in [0.2, 0.25) is 0 Å². The van der Waals surface area contributed by atoms with Crippen LogP contribution in [0.15, 0.2) is 12.2 Å². The topological polar surface area (TPSA) is 46.9 Å². The van der Waals surface area contributed by atoms with Crippen molar-refractivity contribution < 1.29 is 10.2 Å². The molecule has 11 atom stereocenters. The first-order chi connectivity index (χ1) is 14.8. The van der Waals surface area contributed by atoms with Crippen LogP contribution in [0.2, 0.25) is 0 Å². The van der Waals surface area contributed by atoms with Gasteiger partial charge >= 0.3 is 0 Å². The largest absolute Gasteiger partial charge is 0.396 e. The zero-order valence-corrected chi connectivity index (χ0v) is 21.9. The second-order valence-electron chi connectivity index (χ2n) is 13.8. The Morgan fingerprint density at radius 1 is 0.938 bits per heavy atom. The molecule has 0 saturated heterocycles. The lowest BCUT2D eigenvalue weighted by Crippen LogP contribution is -2.60. The summed E-state index contributed by atoms with van der Waals surface area (Å²) in [5, 5.41) is 22.1. The van der Waals surface area contributed by atoms with Crippen molar-refractivity contribution in [3.05, 3.63) is 12.2 Å². The summed E-state index contributed by atoms with van der Waals surface area (Å²) in [6, 6.07) is 0.817. The van der Waals surface area contributed by atoms with Crippen LogP contribution < -0.4 is 0 Å². The van der Waals surface area contributed by atoms with Crippen LogP contribution in [0.25, 0.3) is 0 Å². The highest BCUT2D eigenvalue weighted by atomic mass is 16.3. The van der Waals surface area contributed by atoms with E-state index in [0.29, 0.717) is 40.7 Å². The van der Waals surface area contributed by atoms with E-state index in [-0.39, 0.29) is 29.0 Å². The second-order valence-corrected chi connectivity index (χ2v) is 13.8. The molecule has 0 amide bonds. The average molecular weight is 445 g/mol. The number of hydrogen-bond acceptors (Lipinski definition) is 4. The second kappa shape index (κ2) is 6.83. The van der Waals surface area contributed by atoms with Gasteiger partial charge in [0, 0.05) is 23.4 Å². The zero-order valence-electron chi connectivity index (χ0n) is 21.9. The van der Waals surface area contributed by atoms with Gasteiger partial charge in [0.05, 0.1) is 12.7 Å². The van der Waals surface area contributed by atoms with Crippen LogP contribution >= 0.6 is 0 Å². The Morgan fingerprint density at radius 2 is 1.56 bits per heavy atom. The minimum atomic E-state index is -0.217. The maximum absolute atomic E-state index is 11.4. The Bertz CT molecular complexity index is 811. The van der Waals surface area contributed by atoms with E-state index in [1.54, 1.807) is 0 Å². The van der Waals surface area contributed by atoms with Gasteiger partial charge < -0.3 is 20.0 Å². The molecule has 32 heavy (non-hydrogen) atoms. The molecule has 5 aliphatic carbocycles. The molecule has 0 radical (unpaired) electrons. The van der Waals surface area contributed by atoms with E-state index < -0.39 is 0 Å². The van der Waals surface area contributed by atoms with Crippen molar-refractivity contribution in [2.75, 3.05) is 34.8 Å². The van der Waals surface area contributed by atoms with Gasteiger partial charge in [-0.25, -0.2) is 0 Å². The maximum Gasteiger partial charge on any atom is 0.0594 e. The van der Waals surface area contributed by atoms with Gasteiger partial charge in [0.1, 0.15) is 0 Å². The van der Waals surface area contributed by atoms with Crippen LogP contribution in [0.1, 0.15) is 66.2 Å². The molecule has 0 unspecified atom stereocenters. The molecule has 182 valence electrons. The molecule has 2 spiro atoms. The third kappa shape index (κ3) is 2.44. The van der Waals surface area contributed by atoms with Gasteiger partial charge in [-0.3, -0.25) is 0 Å². The van der Waals surface area contributed by atoms with Gasteiger partial charge in [0.25, 0.3) is 0 Å². The number of nitrogens with zero attached hydrogens (tertiary/aromatic N) is 2. The van der Waals surface area contributed by atoms with Gasteiger partial charge in [-0.05, 0) is 107 Å². The third-order valence-electron chi connectivity index (χ3n) is 12.7. The molecule has 0 aliphatic heterocycles. The molecule has 0 aromatic rings. The summed E-state index contributed by atoms with van der Waals surface area (Å²) in [5.41, 5.74) is 0.958. The van der Waals surface area contributed by atoms with E-state index in [1.165, 1.54) is 32.1 Å². The Hall–Kier alpha value is -0.420. The van der Waals surface area contributed by atoms with E-state index in [9.17, 15) is 10.2 Å². The predicted octanol–water partition coefficient (Wildman–Crippen LogP) is 4.03. The smallest absolute Gasteiger partial charge is 0.0594 e. The van der Waals surface area contributed by atoms with Gasteiger partial charge in [-0.2, -0.15) is 0 Å². The van der Waals surface area contributed by atoms with Crippen molar-refractivity contribution in [3.8, 4) is 0 Å². The number of aliphatic hydroxyl groups is 2. The quantitative estimate of drug-likeness (QED) is 0.643. The molecular formula is C28H48N2O2. The van der Waals surface area contributed by atoms with E-state index in [4.69, 9.17) is 0 Å². The van der Waals surface area contributed by atoms with E-state index in [1.807, 2.05) is 0 Å². The van der Waals surface area contributed by atoms with Crippen LogP contribution in [0.3, 0.4) is 0 Å². The van der Waals surface area contributed by atoms with Gasteiger partial charge in [0.15, 0.2) is 0 Å². The molecule has 5 aliphatic rings. The maximum atomic E-state index is 11.4. The van der Waals surface area contributed by atoms with Gasteiger partial charge in [-0.15, -0.1) is 0 Å². The molecule has 4 heteroatoms. The molecule has 2 N–H and O–H groups in total. The van der Waals surface area contributed by atoms with Crippen molar-refractivity contribution >= 4 is 0 Å². The SMILES string of the molecule is C[C@@H]([C@H]1[C@H](O)C[C@@]2(C)[C@@H]3C=C[C@H]4[C@](C)(CO)[C@@H](N(C)C)CC[C@@]45C[C@@]35CC[C@]12C)N(C)C. The predicted molar refractivity (Wildman–Crippen MR) is 130 cm³/mol. The summed E-state index contributed by atoms with van der Waals surface area (Å²) in [6.45, 7) is 9.97. The molecule has 0 bridgehead atoms. The Kier molecular flexibility index (Phi) is 4.98. The average Bonchev–Trinajstić information content (AvgIpc) is 3.32. The van der Waals surface area contributed by atoms with Crippen LogP contribution in [-0.4, -0.2) is 73.0 Å². The summed E-state index contributed by atoms with van der Waals surface area (Å²) in [4.78, 5) is 4.67. The fraction of sp³-hybridized carbons (Fsp3) is 0.929. The van der Waals surface area contributed by atoms with Gasteiger partial charge in [-0.1, -0.05) is 32.9 Å². The summed E-state index contributed by atoms with van der Waals surface area (Å²) >= 11 is 0. The first-order valence-corrected chi connectivity index (χ1v) is 13.1. The van der Waals surface area contributed by atoms with E-state index >= 15 is 0 Å². The van der Waals surface area contributed by atoms with Crippen molar-refractivity contribution in [2.24, 2.45) is 44.8 Å². The molecule has 4 nitrogen and oxygen atoms in total.